The van der Waals surface area contributed by atoms with Gasteiger partial charge in [-0.2, -0.15) is 0 Å². The van der Waals surface area contributed by atoms with Gasteiger partial charge in [-0.05, 0) is 69.8 Å². The topological polar surface area (TPSA) is 77.3 Å². The Balaban J connectivity index is 1.42. The highest BCUT2D eigenvalue weighted by molar-refractivity contribution is 5.94. The number of hydrogen-bond donors (Lipinski definition) is 0. The maximum atomic E-state index is 4.73. The molecule has 0 aliphatic rings. The van der Waals surface area contributed by atoms with E-state index in [9.17, 15) is 0 Å². The zero-order chi connectivity index (χ0) is 28.1. The van der Waals surface area contributed by atoms with Crippen molar-refractivity contribution in [1.82, 2.24) is 29.9 Å². The summed E-state index contributed by atoms with van der Waals surface area (Å²) in [5.41, 5.74) is 12.3. The van der Waals surface area contributed by atoms with Crippen molar-refractivity contribution >= 4 is 0 Å². The lowest BCUT2D eigenvalue weighted by Gasteiger charge is -2.18. The molecule has 0 aliphatic heterocycles. The van der Waals surface area contributed by atoms with Crippen molar-refractivity contribution in [3.8, 4) is 67.0 Å². The molecule has 6 heteroatoms. The van der Waals surface area contributed by atoms with Gasteiger partial charge in [0.15, 0.2) is 0 Å². The van der Waals surface area contributed by atoms with E-state index in [1.807, 2.05) is 73.6 Å². The van der Waals surface area contributed by atoms with Gasteiger partial charge in [-0.25, -0.2) is 19.9 Å². The first kappa shape index (κ1) is 25.1. The van der Waals surface area contributed by atoms with Crippen molar-refractivity contribution < 1.29 is 0 Å². The molecule has 3 aromatic carbocycles. The van der Waals surface area contributed by atoms with Gasteiger partial charge in [0.1, 0.15) is 12.7 Å². The fraction of sp³-hybridized carbons (Fsp3) is 0. The molecular weight excluding hydrogens is 516 g/mol. The van der Waals surface area contributed by atoms with Crippen LogP contribution in [0.3, 0.4) is 0 Å². The highest BCUT2D eigenvalue weighted by Crippen LogP contribution is 2.41. The molecule has 4 heterocycles. The maximum absolute atomic E-state index is 4.73. The van der Waals surface area contributed by atoms with Crippen molar-refractivity contribution in [1.29, 1.82) is 0 Å². The summed E-state index contributed by atoms with van der Waals surface area (Å²) in [7, 11) is 0. The van der Waals surface area contributed by atoms with Crippen LogP contribution in [0, 0.1) is 0 Å². The van der Waals surface area contributed by atoms with E-state index in [-0.39, 0.29) is 0 Å². The molecule has 0 atom stereocenters. The van der Waals surface area contributed by atoms with Gasteiger partial charge < -0.3 is 0 Å². The summed E-state index contributed by atoms with van der Waals surface area (Å²) in [6.07, 6.45) is 14.1. The standard InChI is InChI=1S/C36H24N6/c1-3-15-41-35(5-1)33-18-34(36-6-2-4-16-42-36)32(28-13-9-26(10-14-28)30-21-39-24-40-22-30)17-31(33)27-11-7-25(8-12-27)29-19-37-23-38-20-29/h1-24H. The third-order valence-corrected chi connectivity index (χ3v) is 7.22. The average molecular weight is 541 g/mol. The molecule has 0 saturated carbocycles. The van der Waals surface area contributed by atoms with Crippen molar-refractivity contribution in [3.63, 3.8) is 0 Å². The first-order valence-corrected chi connectivity index (χ1v) is 13.6. The van der Waals surface area contributed by atoms with Crippen molar-refractivity contribution in [2.45, 2.75) is 0 Å². The van der Waals surface area contributed by atoms with Crippen LogP contribution in [0.4, 0.5) is 0 Å². The molecule has 42 heavy (non-hydrogen) atoms. The smallest absolute Gasteiger partial charge is 0.115 e. The van der Waals surface area contributed by atoms with Crippen molar-refractivity contribution in [3.05, 3.63) is 147 Å². The Morgan fingerprint density at radius 1 is 0.333 bits per heavy atom. The minimum Gasteiger partial charge on any atom is -0.256 e. The van der Waals surface area contributed by atoms with Crippen molar-refractivity contribution in [2.24, 2.45) is 0 Å². The van der Waals surface area contributed by atoms with Crippen LogP contribution in [0.5, 0.6) is 0 Å². The van der Waals surface area contributed by atoms with Gasteiger partial charge in [-0.15, -0.1) is 0 Å². The molecule has 0 amide bonds. The van der Waals surface area contributed by atoms with Crippen molar-refractivity contribution in [2.75, 3.05) is 0 Å². The van der Waals surface area contributed by atoms with Crippen LogP contribution in [0.15, 0.2) is 147 Å². The lowest BCUT2D eigenvalue weighted by atomic mass is 9.87. The third kappa shape index (κ3) is 5.05. The minimum absolute atomic E-state index is 0.899. The lowest BCUT2D eigenvalue weighted by molar-refractivity contribution is 1.17. The molecule has 198 valence electrons. The summed E-state index contributed by atoms with van der Waals surface area (Å²) < 4.78 is 0. The van der Waals surface area contributed by atoms with Crippen LogP contribution in [-0.2, 0) is 0 Å². The van der Waals surface area contributed by atoms with E-state index in [2.05, 4.69) is 80.6 Å². The van der Waals surface area contributed by atoms with Crippen LogP contribution < -0.4 is 0 Å². The van der Waals surface area contributed by atoms with E-state index < -0.39 is 0 Å². The number of aromatic nitrogens is 6. The maximum Gasteiger partial charge on any atom is 0.115 e. The Labute approximate surface area is 243 Å². The van der Waals surface area contributed by atoms with Gasteiger partial charge in [-0.3, -0.25) is 9.97 Å². The lowest BCUT2D eigenvalue weighted by Crippen LogP contribution is -1.95. The second kappa shape index (κ2) is 11.3. The third-order valence-electron chi connectivity index (χ3n) is 7.22. The van der Waals surface area contributed by atoms with E-state index in [0.29, 0.717) is 0 Å². The monoisotopic (exact) mass is 540 g/mol. The molecule has 0 fully saturated rings. The molecule has 7 rings (SSSR count). The summed E-state index contributed by atoms with van der Waals surface area (Å²) in [6.45, 7) is 0. The molecule has 0 bridgehead atoms. The average Bonchev–Trinajstić information content (AvgIpc) is 3.09. The van der Waals surface area contributed by atoms with Gasteiger partial charge in [0, 0.05) is 59.4 Å². The summed E-state index contributed by atoms with van der Waals surface area (Å²) in [4.78, 5) is 26.2. The normalized spacial score (nSPS) is 10.9. The van der Waals surface area contributed by atoms with E-state index in [4.69, 9.17) is 9.97 Å². The fourth-order valence-electron chi connectivity index (χ4n) is 5.13. The van der Waals surface area contributed by atoms with E-state index in [1.54, 1.807) is 12.7 Å². The first-order valence-electron chi connectivity index (χ1n) is 13.6. The SMILES string of the molecule is c1ccc(-c2cc(-c3ccccn3)c(-c3ccc(-c4cncnc4)cc3)cc2-c2ccc(-c3cncnc3)cc2)nc1. The van der Waals surface area contributed by atoms with Crippen LogP contribution in [-0.4, -0.2) is 29.9 Å². The molecule has 0 radical (unpaired) electrons. The van der Waals surface area contributed by atoms with Crippen LogP contribution in [0.2, 0.25) is 0 Å². The molecule has 6 nitrogen and oxygen atoms in total. The molecule has 0 N–H and O–H groups in total. The van der Waals surface area contributed by atoms with Gasteiger partial charge in [-0.1, -0.05) is 60.7 Å². The molecule has 4 aromatic heterocycles. The number of pyridine rings is 2. The predicted octanol–water partition coefficient (Wildman–Crippen LogP) is 8.06. The first-order chi connectivity index (χ1) is 20.8. The highest BCUT2D eigenvalue weighted by atomic mass is 14.8. The number of rotatable bonds is 6. The molecule has 0 unspecified atom stereocenters. The number of nitrogens with zero attached hydrogens (tertiary/aromatic N) is 6. The second-order valence-electron chi connectivity index (χ2n) is 9.78. The van der Waals surface area contributed by atoms with Gasteiger partial charge in [0.25, 0.3) is 0 Å². The number of benzene rings is 3. The molecule has 0 saturated heterocycles. The summed E-state index contributed by atoms with van der Waals surface area (Å²) in [6, 6.07) is 33.5. The zero-order valence-corrected chi connectivity index (χ0v) is 22.5. The Morgan fingerprint density at radius 2 is 0.714 bits per heavy atom. The Hall–Kier alpha value is -5.88. The van der Waals surface area contributed by atoms with Gasteiger partial charge in [0.05, 0.1) is 11.4 Å². The molecular formula is C36H24N6. The predicted molar refractivity (Wildman–Crippen MR) is 166 cm³/mol. The second-order valence-corrected chi connectivity index (χ2v) is 9.78. The Bertz CT molecular complexity index is 1790. The molecule has 0 spiro atoms. The van der Waals surface area contributed by atoms with Crippen LogP contribution >= 0.6 is 0 Å². The highest BCUT2D eigenvalue weighted by Gasteiger charge is 2.17. The summed E-state index contributed by atoms with van der Waals surface area (Å²) >= 11 is 0. The van der Waals surface area contributed by atoms with Crippen LogP contribution in [0.1, 0.15) is 0 Å². The molecule has 0 aliphatic carbocycles. The Kier molecular flexibility index (Phi) is 6.76. The minimum atomic E-state index is 0.899. The summed E-state index contributed by atoms with van der Waals surface area (Å²) in [5.74, 6) is 0. The number of hydrogen-bond acceptors (Lipinski definition) is 6. The van der Waals surface area contributed by atoms with Gasteiger partial charge >= 0.3 is 0 Å². The molecule has 7 aromatic rings. The Morgan fingerprint density at radius 3 is 1.10 bits per heavy atom. The largest absolute Gasteiger partial charge is 0.256 e. The summed E-state index contributed by atoms with van der Waals surface area (Å²) in [5, 5.41) is 0. The van der Waals surface area contributed by atoms with Crippen LogP contribution in [0.25, 0.3) is 67.0 Å². The zero-order valence-electron chi connectivity index (χ0n) is 22.5. The van der Waals surface area contributed by atoms with E-state index in [1.165, 1.54) is 0 Å². The quantitative estimate of drug-likeness (QED) is 0.212. The fourth-order valence-corrected chi connectivity index (χ4v) is 5.13. The van der Waals surface area contributed by atoms with E-state index in [0.717, 1.165) is 67.0 Å². The van der Waals surface area contributed by atoms with Gasteiger partial charge in [0.2, 0.25) is 0 Å². The van der Waals surface area contributed by atoms with E-state index >= 15 is 0 Å².